The summed E-state index contributed by atoms with van der Waals surface area (Å²) in [4.78, 5) is 57.4. The quantitative estimate of drug-likeness (QED) is 0.0443. The predicted octanol–water partition coefficient (Wildman–Crippen LogP) is 1.54. The lowest BCUT2D eigenvalue weighted by Crippen LogP contribution is -2.34. The molecule has 2 aromatic heterocycles. The van der Waals surface area contributed by atoms with E-state index in [2.05, 4.69) is 29.1 Å². The largest absolute Gasteiger partial charge is 0.776 e. The SMILES string of the molecule is CCCSc1nc(NCCSC)c2ncn([C@@H]3O[C@H](COP(=O)([O-])OP(=O)([O-])C(Cl)(Cl)P(=O)([O-])O)[C@@H](O)[C@H]3O)c2n1.[NH4+].[NH4+].[NH4+]. The summed E-state index contributed by atoms with van der Waals surface area (Å²) in [6.45, 7) is 1.46. The number of halogens is 2. The van der Waals surface area contributed by atoms with Crippen molar-refractivity contribution in [3.63, 3.8) is 0 Å². The van der Waals surface area contributed by atoms with E-state index in [4.69, 9.17) is 32.8 Å². The van der Waals surface area contributed by atoms with Crippen LogP contribution >= 0.6 is 69.7 Å². The van der Waals surface area contributed by atoms with Crippen LogP contribution in [0.15, 0.2) is 11.5 Å². The fraction of sp³-hybridized carbons (Fsp3) is 0.706. The Balaban J connectivity index is 0.00000616. The van der Waals surface area contributed by atoms with E-state index in [1.807, 2.05) is 13.2 Å². The highest BCUT2D eigenvalue weighted by atomic mass is 35.5. The average molecular weight is 773 g/mol. The third-order valence-electron chi connectivity index (χ3n) is 5.32. The molecular weight excluding hydrogens is 736 g/mol. The second kappa shape index (κ2) is 17.3. The van der Waals surface area contributed by atoms with Crippen LogP contribution in [0.2, 0.25) is 0 Å². The normalized spacial score (nSPS) is 24.2. The molecule has 20 nitrogen and oxygen atoms in total. The van der Waals surface area contributed by atoms with E-state index in [-0.39, 0.29) is 24.1 Å². The number of anilines is 1. The van der Waals surface area contributed by atoms with E-state index < -0.39 is 58.0 Å². The number of thioether (sulfide) groups is 2. The van der Waals surface area contributed by atoms with E-state index in [0.717, 1.165) is 17.9 Å². The smallest absolute Gasteiger partial charge is 0.272 e. The second-order valence-electron chi connectivity index (χ2n) is 8.35. The Kier molecular flexibility index (Phi) is 17.2. The lowest BCUT2D eigenvalue weighted by atomic mass is 10.1. The number of hydrogen-bond acceptors (Lipinski definition) is 17. The zero-order chi connectivity index (χ0) is 30.8. The molecule has 3 heterocycles. The Morgan fingerprint density at radius 1 is 1.14 bits per heavy atom. The lowest BCUT2D eigenvalue weighted by molar-refractivity contribution is -0.235. The molecule has 1 aliphatic rings. The molecule has 0 aromatic carbocycles. The maximum Gasteiger partial charge on any atom is 0.272 e. The van der Waals surface area contributed by atoms with E-state index in [1.54, 1.807) is 11.8 Å². The predicted molar refractivity (Wildman–Crippen MR) is 164 cm³/mol. The Hall–Kier alpha value is -0.160. The van der Waals surface area contributed by atoms with Crippen LogP contribution in [0.4, 0.5) is 5.82 Å². The molecule has 2 aromatic rings. The summed E-state index contributed by atoms with van der Waals surface area (Å²) in [7, 11) is -18.3. The van der Waals surface area contributed by atoms with Crippen LogP contribution in [-0.4, -0.2) is 87.7 Å². The van der Waals surface area contributed by atoms with Gasteiger partial charge in [0.25, 0.3) is 7.82 Å². The Labute approximate surface area is 270 Å². The fourth-order valence-electron chi connectivity index (χ4n) is 3.36. The minimum absolute atomic E-state index is 0. The van der Waals surface area contributed by atoms with Crippen LogP contribution < -0.4 is 38.4 Å². The van der Waals surface area contributed by atoms with Gasteiger partial charge in [-0.3, -0.25) is 13.4 Å². The van der Waals surface area contributed by atoms with E-state index in [9.17, 15) is 38.6 Å². The van der Waals surface area contributed by atoms with Crippen molar-refractivity contribution in [3.8, 4) is 0 Å². The first-order valence-electron chi connectivity index (χ1n) is 11.5. The standard InChI is InChI=1S/C17H28Cl2N5O12P3S2.3H3N/c1-3-5-41-16-22-13(20-4-6-40-2)10-14(23-16)24(8-21-10)15-12(26)11(25)9(35-15)7-34-39(32,33)36-38(30,31)17(18,19)37(27,28)29;;;/h8-9,11-12,15,25-26H,3-7H2,1-2H3,(H,30,31)(H,32,33)(H,20,22,23)(H2,27,28,29);3*1H3/t9-,11-,12-,15-;;;/m1.../s1. The van der Waals surface area contributed by atoms with Crippen LogP contribution in [0.25, 0.3) is 11.2 Å². The van der Waals surface area contributed by atoms with Gasteiger partial charge in [-0.2, -0.15) is 11.8 Å². The van der Waals surface area contributed by atoms with Crippen molar-refractivity contribution in [1.82, 2.24) is 38.0 Å². The summed E-state index contributed by atoms with van der Waals surface area (Å²) in [5.41, 5.74) is 0.575. The fourth-order valence-corrected chi connectivity index (χ4v) is 8.44. The molecule has 44 heavy (non-hydrogen) atoms. The topological polar surface area (TPSA) is 374 Å². The van der Waals surface area contributed by atoms with Gasteiger partial charge in [-0.1, -0.05) is 41.9 Å². The molecule has 3 unspecified atom stereocenters. The van der Waals surface area contributed by atoms with Gasteiger partial charge in [0.05, 0.1) is 12.9 Å². The molecule has 0 radical (unpaired) electrons. The van der Waals surface area contributed by atoms with Gasteiger partial charge < -0.3 is 71.9 Å². The number of ether oxygens (including phenoxy) is 1. The highest BCUT2D eigenvalue weighted by Crippen LogP contribution is 2.75. The highest BCUT2D eigenvalue weighted by Gasteiger charge is 2.50. The van der Waals surface area contributed by atoms with Crippen LogP contribution in [0.5, 0.6) is 0 Å². The summed E-state index contributed by atoms with van der Waals surface area (Å²) >= 11 is 13.2. The van der Waals surface area contributed by atoms with Crippen LogP contribution in [-0.2, 0) is 27.3 Å². The third kappa shape index (κ3) is 9.93. The number of imidazole rings is 1. The molecule has 0 aliphatic carbocycles. The number of alkyl halides is 2. The molecule has 0 amide bonds. The molecule has 7 atom stereocenters. The number of nitrogens with one attached hydrogen (secondary N) is 1. The van der Waals surface area contributed by atoms with Gasteiger partial charge in [0, 0.05) is 18.1 Å². The number of phosphoric acid groups is 1. The molecule has 1 aliphatic heterocycles. The molecule has 0 saturated carbocycles. The summed E-state index contributed by atoms with van der Waals surface area (Å²) in [5.74, 6) is 1.93. The minimum atomic E-state index is -6.27. The number of nitrogens with zero attached hydrogens (tertiary/aromatic N) is 4. The highest BCUT2D eigenvalue weighted by molar-refractivity contribution is 7.99. The summed E-state index contributed by atoms with van der Waals surface area (Å²) in [5, 5.41) is 24.8. The van der Waals surface area contributed by atoms with Crippen molar-refractivity contribution in [2.24, 2.45) is 0 Å². The first-order valence-corrected chi connectivity index (χ1v) is 19.2. The molecule has 16 N–H and O–H groups in total. The van der Waals surface area contributed by atoms with Crippen molar-refractivity contribution in [2.45, 2.75) is 46.9 Å². The van der Waals surface area contributed by atoms with E-state index in [0.29, 0.717) is 23.0 Å². The molecule has 1 saturated heterocycles. The van der Waals surface area contributed by atoms with Crippen molar-refractivity contribution in [1.29, 1.82) is 0 Å². The monoisotopic (exact) mass is 772 g/mol. The first-order chi connectivity index (χ1) is 19.0. The van der Waals surface area contributed by atoms with Gasteiger partial charge >= 0.3 is 0 Å². The lowest BCUT2D eigenvalue weighted by Gasteiger charge is -2.41. The number of rotatable bonds is 15. The summed E-state index contributed by atoms with van der Waals surface area (Å²) in [6, 6.07) is 0. The van der Waals surface area contributed by atoms with Gasteiger partial charge in [-0.05, 0) is 12.7 Å². The summed E-state index contributed by atoms with van der Waals surface area (Å²) in [6.07, 6.45) is -2.26. The van der Waals surface area contributed by atoms with Gasteiger partial charge in [0.1, 0.15) is 18.3 Å². The van der Waals surface area contributed by atoms with Crippen molar-refractivity contribution in [3.05, 3.63) is 6.33 Å². The van der Waals surface area contributed by atoms with Crippen LogP contribution in [0.3, 0.4) is 0 Å². The van der Waals surface area contributed by atoms with Crippen molar-refractivity contribution in [2.75, 3.05) is 36.2 Å². The number of aliphatic hydroxyl groups excluding tert-OH is 2. The van der Waals surface area contributed by atoms with E-state index >= 15 is 0 Å². The molecular formula is C17H37Cl2N8O12P3S2. The van der Waals surface area contributed by atoms with Gasteiger partial charge in [-0.15, -0.1) is 0 Å². The number of fused-ring (bicyclic) bond motifs is 1. The maximum atomic E-state index is 12.1. The number of quaternary nitrogens is 3. The zero-order valence-corrected chi connectivity index (χ0v) is 30.0. The average Bonchev–Trinajstić information content (AvgIpc) is 3.41. The van der Waals surface area contributed by atoms with E-state index in [1.165, 1.54) is 22.7 Å². The maximum absolute atomic E-state index is 12.1. The zero-order valence-electron chi connectivity index (χ0n) is 24.1. The number of hydrogen-bond donors (Lipinski definition) is 7. The van der Waals surface area contributed by atoms with Crippen LogP contribution in [0, 0.1) is 0 Å². The number of aliphatic hydroxyl groups is 2. The molecule has 0 bridgehead atoms. The molecule has 27 heteroatoms. The van der Waals surface area contributed by atoms with Gasteiger partial charge in [-0.25, -0.2) is 15.0 Å². The van der Waals surface area contributed by atoms with Crippen molar-refractivity contribution >= 4 is 86.7 Å². The number of phosphoric ester groups is 1. The van der Waals surface area contributed by atoms with Crippen LogP contribution in [0.1, 0.15) is 19.6 Å². The molecule has 0 spiro atoms. The Morgan fingerprint density at radius 2 is 1.77 bits per heavy atom. The molecule has 258 valence electrons. The Bertz CT molecular complexity index is 1380. The van der Waals surface area contributed by atoms with Gasteiger partial charge in [0.2, 0.25) is 3.82 Å². The second-order valence-corrected chi connectivity index (χ2v) is 18.3. The first kappa shape index (κ1) is 43.8. The Morgan fingerprint density at radius 3 is 2.34 bits per heavy atom. The molecule has 3 rings (SSSR count). The van der Waals surface area contributed by atoms with Crippen molar-refractivity contribution < 1.29 is 57.1 Å². The third-order valence-corrected chi connectivity index (χ3v) is 14.5. The van der Waals surface area contributed by atoms with Gasteiger partial charge in [0.15, 0.2) is 43.6 Å². The summed E-state index contributed by atoms with van der Waals surface area (Å²) < 4.78 is 46.2. The minimum Gasteiger partial charge on any atom is -0.776 e. The number of aromatic nitrogens is 4. The molecule has 1 fully saturated rings.